The van der Waals surface area contributed by atoms with Crippen LogP contribution in [0.4, 0.5) is 5.69 Å². The summed E-state index contributed by atoms with van der Waals surface area (Å²) in [6.45, 7) is 4.87. The van der Waals surface area contributed by atoms with Gasteiger partial charge in [-0.3, -0.25) is 4.79 Å². The van der Waals surface area contributed by atoms with Crippen molar-refractivity contribution in [2.24, 2.45) is 5.92 Å². The number of hydrogen-bond acceptors (Lipinski definition) is 3. The lowest BCUT2D eigenvalue weighted by molar-refractivity contribution is -0.117. The van der Waals surface area contributed by atoms with Gasteiger partial charge in [0.05, 0.1) is 0 Å². The molecule has 1 aromatic carbocycles. The van der Waals surface area contributed by atoms with E-state index in [4.69, 9.17) is 0 Å². The van der Waals surface area contributed by atoms with Crippen molar-refractivity contribution in [2.75, 3.05) is 11.4 Å². The van der Waals surface area contributed by atoms with Crippen molar-refractivity contribution >= 4 is 11.6 Å². The summed E-state index contributed by atoms with van der Waals surface area (Å²) >= 11 is 0. The van der Waals surface area contributed by atoms with E-state index in [1.54, 1.807) is 0 Å². The molecule has 1 amide bonds. The average Bonchev–Trinajstić information content (AvgIpc) is 2.88. The van der Waals surface area contributed by atoms with Crippen molar-refractivity contribution in [1.29, 1.82) is 0 Å². The minimum Gasteiger partial charge on any atom is -0.312 e. The van der Waals surface area contributed by atoms with E-state index in [0.717, 1.165) is 48.7 Å². The summed E-state index contributed by atoms with van der Waals surface area (Å²) in [5.41, 5.74) is 3.17. The molecule has 0 bridgehead atoms. The van der Waals surface area contributed by atoms with E-state index in [9.17, 15) is 4.79 Å². The number of hydrogen-bond donors (Lipinski definition) is 0. The molecule has 2 aromatic rings. The molecule has 2 heterocycles. The Morgan fingerprint density at radius 1 is 1.17 bits per heavy atom. The van der Waals surface area contributed by atoms with Gasteiger partial charge in [-0.1, -0.05) is 31.5 Å². The van der Waals surface area contributed by atoms with Gasteiger partial charge in [0, 0.05) is 30.0 Å². The van der Waals surface area contributed by atoms with E-state index in [1.165, 1.54) is 0 Å². The average molecular weight is 309 g/mol. The Balaban J connectivity index is 1.71. The largest absolute Gasteiger partial charge is 0.312 e. The molecule has 4 nitrogen and oxygen atoms in total. The van der Waals surface area contributed by atoms with Gasteiger partial charge < -0.3 is 4.90 Å². The van der Waals surface area contributed by atoms with Crippen molar-refractivity contribution in [3.8, 4) is 0 Å². The fourth-order valence-electron chi connectivity index (χ4n) is 3.26. The topological polar surface area (TPSA) is 46.1 Å². The molecular formula is C19H23N3O. The summed E-state index contributed by atoms with van der Waals surface area (Å²) < 4.78 is 0. The molecule has 0 N–H and O–H groups in total. The Labute approximate surface area is 137 Å². The van der Waals surface area contributed by atoms with Gasteiger partial charge in [0.15, 0.2) is 0 Å². The first-order valence-corrected chi connectivity index (χ1v) is 8.34. The smallest absolute Gasteiger partial charge is 0.227 e. The molecule has 1 fully saturated rings. The second-order valence-electron chi connectivity index (χ2n) is 6.26. The van der Waals surface area contributed by atoms with Gasteiger partial charge in [0.1, 0.15) is 5.82 Å². The summed E-state index contributed by atoms with van der Waals surface area (Å²) in [5.74, 6) is 1.36. The summed E-state index contributed by atoms with van der Waals surface area (Å²) in [6, 6.07) is 12.0. The summed E-state index contributed by atoms with van der Waals surface area (Å²) in [4.78, 5) is 23.2. The Hall–Kier alpha value is -2.23. The van der Waals surface area contributed by atoms with Crippen LogP contribution in [0, 0.1) is 12.8 Å². The molecule has 1 atom stereocenters. The predicted octanol–water partition coefficient (Wildman–Crippen LogP) is 3.33. The standard InChI is InChI=1S/C19H23N3O/c1-3-7-16-12-17(21-14(2)20-16)10-15-11-19(23)22(13-15)18-8-5-4-6-9-18/h4-6,8-9,12,15H,3,7,10-11,13H2,1-2H3/t15-/m1/s1. The number of carbonyl (C=O) groups is 1. The highest BCUT2D eigenvalue weighted by Crippen LogP contribution is 2.26. The maximum atomic E-state index is 12.3. The van der Waals surface area contributed by atoms with Gasteiger partial charge in [0.25, 0.3) is 0 Å². The molecule has 1 saturated heterocycles. The maximum Gasteiger partial charge on any atom is 0.227 e. The number of amides is 1. The lowest BCUT2D eigenvalue weighted by Gasteiger charge is -2.16. The maximum absolute atomic E-state index is 12.3. The second-order valence-corrected chi connectivity index (χ2v) is 6.26. The molecular weight excluding hydrogens is 286 g/mol. The van der Waals surface area contributed by atoms with Crippen LogP contribution in [0.3, 0.4) is 0 Å². The van der Waals surface area contributed by atoms with E-state index in [1.807, 2.05) is 42.2 Å². The molecule has 4 heteroatoms. The molecule has 1 aliphatic rings. The quantitative estimate of drug-likeness (QED) is 0.851. The fraction of sp³-hybridized carbons (Fsp3) is 0.421. The molecule has 0 saturated carbocycles. The van der Waals surface area contributed by atoms with Crippen LogP contribution in [0.15, 0.2) is 36.4 Å². The van der Waals surface area contributed by atoms with Crippen LogP contribution in [0.2, 0.25) is 0 Å². The zero-order valence-corrected chi connectivity index (χ0v) is 13.8. The Morgan fingerprint density at radius 2 is 1.91 bits per heavy atom. The van der Waals surface area contributed by atoms with E-state index >= 15 is 0 Å². The van der Waals surface area contributed by atoms with Crippen LogP contribution in [0.5, 0.6) is 0 Å². The molecule has 23 heavy (non-hydrogen) atoms. The number of carbonyl (C=O) groups excluding carboxylic acids is 1. The van der Waals surface area contributed by atoms with Crippen LogP contribution < -0.4 is 4.90 Å². The third kappa shape index (κ3) is 3.76. The third-order valence-electron chi connectivity index (χ3n) is 4.22. The lowest BCUT2D eigenvalue weighted by atomic mass is 10.0. The van der Waals surface area contributed by atoms with Crippen molar-refractivity contribution in [1.82, 2.24) is 9.97 Å². The number of nitrogens with zero attached hydrogens (tertiary/aromatic N) is 3. The number of aromatic nitrogens is 2. The van der Waals surface area contributed by atoms with Crippen LogP contribution in [-0.2, 0) is 17.6 Å². The molecule has 0 aliphatic carbocycles. The van der Waals surface area contributed by atoms with E-state index in [-0.39, 0.29) is 5.91 Å². The zero-order valence-electron chi connectivity index (χ0n) is 13.8. The first-order valence-electron chi connectivity index (χ1n) is 8.34. The Morgan fingerprint density at radius 3 is 2.65 bits per heavy atom. The van der Waals surface area contributed by atoms with Gasteiger partial charge in [-0.05, 0) is 43.9 Å². The Kier molecular flexibility index (Phi) is 4.70. The molecule has 3 rings (SSSR count). The van der Waals surface area contributed by atoms with E-state index in [2.05, 4.69) is 23.0 Å². The number of rotatable bonds is 5. The highest BCUT2D eigenvalue weighted by atomic mass is 16.2. The van der Waals surface area contributed by atoms with Crippen molar-refractivity contribution in [2.45, 2.75) is 39.5 Å². The number of aryl methyl sites for hydroxylation is 2. The minimum absolute atomic E-state index is 0.209. The lowest BCUT2D eigenvalue weighted by Crippen LogP contribution is -2.24. The highest BCUT2D eigenvalue weighted by molar-refractivity contribution is 5.95. The van der Waals surface area contributed by atoms with Gasteiger partial charge in [-0.2, -0.15) is 0 Å². The summed E-state index contributed by atoms with van der Waals surface area (Å²) in [5, 5.41) is 0. The van der Waals surface area contributed by atoms with Gasteiger partial charge in [0.2, 0.25) is 5.91 Å². The highest BCUT2D eigenvalue weighted by Gasteiger charge is 2.30. The zero-order chi connectivity index (χ0) is 16.2. The van der Waals surface area contributed by atoms with E-state index in [0.29, 0.717) is 12.3 Å². The Bertz CT molecular complexity index is 684. The molecule has 1 aliphatic heterocycles. The van der Waals surface area contributed by atoms with Gasteiger partial charge >= 0.3 is 0 Å². The van der Waals surface area contributed by atoms with Crippen LogP contribution in [0.1, 0.15) is 37.0 Å². The predicted molar refractivity (Wildman–Crippen MR) is 91.4 cm³/mol. The molecule has 1 aromatic heterocycles. The first-order chi connectivity index (χ1) is 11.2. The molecule has 120 valence electrons. The number of anilines is 1. The number of benzene rings is 1. The SMILES string of the molecule is CCCc1cc(C[C@@H]2CC(=O)N(c3ccccc3)C2)nc(C)n1. The van der Waals surface area contributed by atoms with Gasteiger partial charge in [-0.25, -0.2) is 9.97 Å². The fourth-order valence-corrected chi connectivity index (χ4v) is 3.26. The molecule has 0 spiro atoms. The molecule has 0 unspecified atom stereocenters. The summed E-state index contributed by atoms with van der Waals surface area (Å²) in [6.07, 6.45) is 3.51. The molecule has 0 radical (unpaired) electrons. The number of para-hydroxylation sites is 1. The van der Waals surface area contributed by atoms with E-state index < -0.39 is 0 Å². The van der Waals surface area contributed by atoms with Crippen molar-refractivity contribution in [3.05, 3.63) is 53.6 Å². The van der Waals surface area contributed by atoms with Crippen molar-refractivity contribution < 1.29 is 4.79 Å². The van der Waals surface area contributed by atoms with Crippen molar-refractivity contribution in [3.63, 3.8) is 0 Å². The van der Waals surface area contributed by atoms with Gasteiger partial charge in [-0.15, -0.1) is 0 Å². The first kappa shape index (κ1) is 15.7. The van der Waals surface area contributed by atoms with Crippen LogP contribution >= 0.6 is 0 Å². The normalized spacial score (nSPS) is 17.7. The third-order valence-corrected chi connectivity index (χ3v) is 4.22. The monoisotopic (exact) mass is 309 g/mol. The minimum atomic E-state index is 0.209. The van der Waals surface area contributed by atoms with Crippen LogP contribution in [0.25, 0.3) is 0 Å². The summed E-state index contributed by atoms with van der Waals surface area (Å²) in [7, 11) is 0. The second kappa shape index (κ2) is 6.90. The van der Waals surface area contributed by atoms with Crippen LogP contribution in [-0.4, -0.2) is 22.4 Å².